The molecule has 1 fully saturated rings. The van der Waals surface area contributed by atoms with Gasteiger partial charge in [-0.25, -0.2) is 0 Å². The van der Waals surface area contributed by atoms with Gasteiger partial charge in [0.25, 0.3) is 5.91 Å². The summed E-state index contributed by atoms with van der Waals surface area (Å²) in [5.74, 6) is 1.97. The molecular formula is C18H21N3O4. The summed E-state index contributed by atoms with van der Waals surface area (Å²) in [6.07, 6.45) is 2.54. The summed E-state index contributed by atoms with van der Waals surface area (Å²) in [5.41, 5.74) is 1.70. The van der Waals surface area contributed by atoms with Crippen molar-refractivity contribution >= 4 is 5.91 Å². The van der Waals surface area contributed by atoms with E-state index in [1.54, 1.807) is 13.0 Å². The molecule has 1 unspecified atom stereocenters. The van der Waals surface area contributed by atoms with Gasteiger partial charge < -0.3 is 19.3 Å². The van der Waals surface area contributed by atoms with Crippen molar-refractivity contribution in [2.24, 2.45) is 5.92 Å². The smallest absolute Gasteiger partial charge is 0.251 e. The molecule has 1 saturated heterocycles. The molecule has 1 aromatic carbocycles. The van der Waals surface area contributed by atoms with Crippen LogP contribution in [0.1, 0.15) is 46.5 Å². The number of amides is 1. The van der Waals surface area contributed by atoms with E-state index >= 15 is 0 Å². The number of nitrogens with one attached hydrogen (secondary N) is 1. The maximum absolute atomic E-state index is 12.8. The van der Waals surface area contributed by atoms with Crippen LogP contribution in [0.4, 0.5) is 0 Å². The number of ether oxygens (including phenoxy) is 2. The fourth-order valence-corrected chi connectivity index (χ4v) is 3.42. The number of fused-ring (bicyclic) bond motifs is 1. The number of hydrogen-bond acceptors (Lipinski definition) is 6. The molecule has 2 aliphatic rings. The van der Waals surface area contributed by atoms with Gasteiger partial charge in [0.05, 0.1) is 6.61 Å². The fourth-order valence-electron chi connectivity index (χ4n) is 3.42. The van der Waals surface area contributed by atoms with Crippen LogP contribution in [-0.4, -0.2) is 35.9 Å². The Morgan fingerprint density at radius 2 is 2.12 bits per heavy atom. The SMILES string of the molecule is Cc1noc(C(NC(=O)c2ccc3c(c2)CCO3)C2CCOCC2)n1. The maximum Gasteiger partial charge on any atom is 0.251 e. The number of nitrogens with zero attached hydrogens (tertiary/aromatic N) is 2. The first-order valence-electron chi connectivity index (χ1n) is 8.65. The molecule has 1 atom stereocenters. The molecule has 2 aromatic rings. The van der Waals surface area contributed by atoms with E-state index in [0.29, 0.717) is 37.1 Å². The van der Waals surface area contributed by atoms with Gasteiger partial charge in [-0.1, -0.05) is 5.16 Å². The Morgan fingerprint density at radius 1 is 1.28 bits per heavy atom. The zero-order valence-corrected chi connectivity index (χ0v) is 14.2. The molecule has 2 aliphatic heterocycles. The first kappa shape index (κ1) is 16.1. The Hall–Kier alpha value is -2.41. The molecule has 3 heterocycles. The number of benzene rings is 1. The van der Waals surface area contributed by atoms with Crippen molar-refractivity contribution in [3.05, 3.63) is 41.0 Å². The van der Waals surface area contributed by atoms with E-state index in [4.69, 9.17) is 14.0 Å². The van der Waals surface area contributed by atoms with Crippen LogP contribution in [0.3, 0.4) is 0 Å². The molecule has 0 bridgehead atoms. The van der Waals surface area contributed by atoms with Crippen LogP contribution in [-0.2, 0) is 11.2 Å². The Kier molecular flexibility index (Phi) is 4.40. The second-order valence-electron chi connectivity index (χ2n) is 6.50. The van der Waals surface area contributed by atoms with Crippen molar-refractivity contribution < 1.29 is 18.8 Å². The highest BCUT2D eigenvalue weighted by Crippen LogP contribution is 2.30. The number of carbonyl (C=O) groups excluding carboxylic acids is 1. The van der Waals surface area contributed by atoms with Gasteiger partial charge in [-0.05, 0) is 49.4 Å². The van der Waals surface area contributed by atoms with Gasteiger partial charge in [-0.2, -0.15) is 4.98 Å². The summed E-state index contributed by atoms with van der Waals surface area (Å²) in [6, 6.07) is 5.25. The van der Waals surface area contributed by atoms with Crippen molar-refractivity contribution in [2.75, 3.05) is 19.8 Å². The van der Waals surface area contributed by atoms with Crippen molar-refractivity contribution in [3.63, 3.8) is 0 Å². The van der Waals surface area contributed by atoms with Crippen LogP contribution in [0.25, 0.3) is 0 Å². The highest BCUT2D eigenvalue weighted by atomic mass is 16.5. The molecule has 1 aromatic heterocycles. The Bertz CT molecular complexity index is 767. The van der Waals surface area contributed by atoms with Crippen molar-refractivity contribution in [3.8, 4) is 5.75 Å². The van der Waals surface area contributed by atoms with Gasteiger partial charge >= 0.3 is 0 Å². The quantitative estimate of drug-likeness (QED) is 0.916. The minimum atomic E-state index is -0.304. The molecule has 1 amide bonds. The molecule has 1 N–H and O–H groups in total. The van der Waals surface area contributed by atoms with Gasteiger partial charge in [0.15, 0.2) is 5.82 Å². The van der Waals surface area contributed by atoms with Gasteiger partial charge in [0, 0.05) is 25.2 Å². The molecule has 0 radical (unpaired) electrons. The highest BCUT2D eigenvalue weighted by molar-refractivity contribution is 5.94. The molecule has 4 rings (SSSR count). The molecular weight excluding hydrogens is 322 g/mol. The molecule has 0 spiro atoms. The van der Waals surface area contributed by atoms with Gasteiger partial charge in [0.1, 0.15) is 11.8 Å². The zero-order valence-electron chi connectivity index (χ0n) is 14.2. The van der Waals surface area contributed by atoms with E-state index in [-0.39, 0.29) is 17.9 Å². The third kappa shape index (κ3) is 3.37. The number of aryl methyl sites for hydroxylation is 1. The molecule has 7 nitrogen and oxygen atoms in total. The van der Waals surface area contributed by atoms with Crippen molar-refractivity contribution in [1.82, 2.24) is 15.5 Å². The average molecular weight is 343 g/mol. The highest BCUT2D eigenvalue weighted by Gasteiger charge is 2.31. The van der Waals surface area contributed by atoms with Crippen LogP contribution in [0.2, 0.25) is 0 Å². The molecule has 7 heteroatoms. The van der Waals surface area contributed by atoms with E-state index in [9.17, 15) is 4.79 Å². The lowest BCUT2D eigenvalue weighted by Gasteiger charge is -2.28. The normalized spacial score (nSPS) is 18.4. The minimum Gasteiger partial charge on any atom is -0.493 e. The average Bonchev–Trinajstić information content (AvgIpc) is 3.28. The van der Waals surface area contributed by atoms with Crippen LogP contribution < -0.4 is 10.1 Å². The standard InChI is InChI=1S/C18H21N3O4/c1-11-19-18(25-21-11)16(12-4-7-23-8-5-12)20-17(22)14-2-3-15-13(10-14)6-9-24-15/h2-3,10,12,16H,4-9H2,1H3,(H,20,22). The van der Waals surface area contributed by atoms with E-state index < -0.39 is 0 Å². The molecule has 0 saturated carbocycles. The lowest BCUT2D eigenvalue weighted by Crippen LogP contribution is -2.36. The summed E-state index contributed by atoms with van der Waals surface area (Å²) >= 11 is 0. The number of carbonyl (C=O) groups is 1. The van der Waals surface area contributed by atoms with Crippen LogP contribution >= 0.6 is 0 Å². The largest absolute Gasteiger partial charge is 0.493 e. The summed E-state index contributed by atoms with van der Waals surface area (Å²) < 4.78 is 16.3. The third-order valence-electron chi connectivity index (χ3n) is 4.78. The summed E-state index contributed by atoms with van der Waals surface area (Å²) in [5, 5.41) is 6.97. The molecule has 25 heavy (non-hydrogen) atoms. The number of hydrogen-bond donors (Lipinski definition) is 1. The Balaban J connectivity index is 1.56. The molecule has 0 aliphatic carbocycles. The summed E-state index contributed by atoms with van der Waals surface area (Å²) in [4.78, 5) is 17.1. The van der Waals surface area contributed by atoms with E-state index in [1.165, 1.54) is 0 Å². The Morgan fingerprint density at radius 3 is 2.88 bits per heavy atom. The van der Waals surface area contributed by atoms with Crippen LogP contribution in [0, 0.1) is 12.8 Å². The van der Waals surface area contributed by atoms with E-state index in [1.807, 2.05) is 12.1 Å². The van der Waals surface area contributed by atoms with Crippen molar-refractivity contribution in [1.29, 1.82) is 0 Å². The van der Waals surface area contributed by atoms with Gasteiger partial charge in [-0.3, -0.25) is 4.79 Å². The first-order chi connectivity index (χ1) is 12.2. The predicted molar refractivity (Wildman–Crippen MR) is 88.4 cm³/mol. The van der Waals surface area contributed by atoms with E-state index in [2.05, 4.69) is 15.5 Å². The van der Waals surface area contributed by atoms with Gasteiger partial charge in [0.2, 0.25) is 5.89 Å². The number of rotatable bonds is 4. The predicted octanol–water partition coefficient (Wildman–Crippen LogP) is 2.21. The summed E-state index contributed by atoms with van der Waals surface area (Å²) in [6.45, 7) is 3.81. The van der Waals surface area contributed by atoms with Crippen LogP contribution in [0.15, 0.2) is 22.7 Å². The maximum atomic E-state index is 12.8. The monoisotopic (exact) mass is 343 g/mol. The first-order valence-corrected chi connectivity index (χ1v) is 8.65. The lowest BCUT2D eigenvalue weighted by molar-refractivity contribution is 0.0468. The van der Waals surface area contributed by atoms with Crippen molar-refractivity contribution in [2.45, 2.75) is 32.2 Å². The lowest BCUT2D eigenvalue weighted by atomic mass is 9.91. The second kappa shape index (κ2) is 6.84. The topological polar surface area (TPSA) is 86.5 Å². The summed E-state index contributed by atoms with van der Waals surface area (Å²) in [7, 11) is 0. The zero-order chi connectivity index (χ0) is 17.2. The second-order valence-corrected chi connectivity index (χ2v) is 6.50. The Labute approximate surface area is 145 Å². The number of aromatic nitrogens is 2. The van der Waals surface area contributed by atoms with Gasteiger partial charge in [-0.15, -0.1) is 0 Å². The molecule has 132 valence electrons. The minimum absolute atomic E-state index is 0.137. The van der Waals surface area contributed by atoms with E-state index in [0.717, 1.165) is 30.6 Å². The fraction of sp³-hybridized carbons (Fsp3) is 0.500. The third-order valence-corrected chi connectivity index (χ3v) is 4.78. The van der Waals surface area contributed by atoms with Crippen LogP contribution in [0.5, 0.6) is 5.75 Å².